The van der Waals surface area contributed by atoms with Crippen molar-refractivity contribution in [3.05, 3.63) is 33.9 Å². The molecule has 0 saturated heterocycles. The molecule has 36 heavy (non-hydrogen) atoms. The van der Waals surface area contributed by atoms with Crippen molar-refractivity contribution < 1.29 is 44.3 Å². The normalized spacial score (nSPS) is 12.2. The lowest BCUT2D eigenvalue weighted by Crippen LogP contribution is -2.14. The molecule has 0 aliphatic carbocycles. The van der Waals surface area contributed by atoms with Gasteiger partial charge in [0.1, 0.15) is 22.7 Å². The Morgan fingerprint density at radius 1 is 0.889 bits per heavy atom. The van der Waals surface area contributed by atoms with Gasteiger partial charge in [-0.25, -0.2) is 9.59 Å². The number of hydrogen-bond donors (Lipinski definition) is 4. The molecule has 0 unspecified atom stereocenters. The van der Waals surface area contributed by atoms with Crippen molar-refractivity contribution in [2.75, 3.05) is 0 Å². The number of esters is 1. The average molecular weight is 501 g/mol. The molecule has 194 valence electrons. The van der Waals surface area contributed by atoms with Crippen LogP contribution in [0.3, 0.4) is 0 Å². The van der Waals surface area contributed by atoms with Gasteiger partial charge in [0.15, 0.2) is 23.0 Å². The molecule has 0 atom stereocenters. The second kappa shape index (κ2) is 11.3. The van der Waals surface area contributed by atoms with Crippen LogP contribution in [-0.4, -0.2) is 38.1 Å². The van der Waals surface area contributed by atoms with Crippen LogP contribution in [0, 0.1) is 6.92 Å². The van der Waals surface area contributed by atoms with Gasteiger partial charge in [-0.3, -0.25) is 4.79 Å². The quantitative estimate of drug-likeness (QED) is 0.134. The van der Waals surface area contributed by atoms with E-state index in [4.69, 9.17) is 9.47 Å². The summed E-state index contributed by atoms with van der Waals surface area (Å²) in [4.78, 5) is 37.9. The maximum atomic E-state index is 13.2. The Hall–Kier alpha value is -3.75. The number of rotatable bonds is 11. The monoisotopic (exact) mass is 500 g/mol. The number of aromatic carboxylic acids is 1. The van der Waals surface area contributed by atoms with Crippen molar-refractivity contribution >= 4 is 17.7 Å². The SMILES string of the molecule is CCCCCC(=O)Cc1cc(O)c(O)c2c1C(=O)Oc1c(C)c(O)c(C(=O)O)c(CCCCC)c1O2. The number of ketones is 1. The molecule has 9 nitrogen and oxygen atoms in total. The number of Topliss-reactive ketones (excluding diaryl/α,β-unsaturated/α-hetero) is 1. The number of unbranched alkanes of at least 4 members (excludes halogenated alkanes) is 4. The van der Waals surface area contributed by atoms with E-state index in [2.05, 4.69) is 0 Å². The highest BCUT2D eigenvalue weighted by molar-refractivity contribution is 6.01. The van der Waals surface area contributed by atoms with Crippen LogP contribution in [0.2, 0.25) is 0 Å². The van der Waals surface area contributed by atoms with Gasteiger partial charge in [0.25, 0.3) is 0 Å². The maximum Gasteiger partial charge on any atom is 0.347 e. The van der Waals surface area contributed by atoms with Crippen LogP contribution in [0.5, 0.6) is 34.5 Å². The highest BCUT2D eigenvalue weighted by Gasteiger charge is 2.36. The Morgan fingerprint density at radius 2 is 1.56 bits per heavy atom. The molecule has 0 saturated carbocycles. The van der Waals surface area contributed by atoms with Crippen LogP contribution in [0.1, 0.15) is 96.2 Å². The molecule has 2 aromatic carbocycles. The number of phenols is 3. The van der Waals surface area contributed by atoms with Crippen LogP contribution < -0.4 is 9.47 Å². The average Bonchev–Trinajstić information content (AvgIpc) is 2.97. The van der Waals surface area contributed by atoms with Crippen LogP contribution in [0.15, 0.2) is 6.07 Å². The van der Waals surface area contributed by atoms with E-state index in [-0.39, 0.29) is 64.4 Å². The summed E-state index contributed by atoms with van der Waals surface area (Å²) in [6, 6.07) is 1.13. The van der Waals surface area contributed by atoms with Gasteiger partial charge in [-0.05, 0) is 37.8 Å². The van der Waals surface area contributed by atoms with E-state index in [0.717, 1.165) is 31.7 Å². The van der Waals surface area contributed by atoms with Gasteiger partial charge in [0.05, 0.1) is 0 Å². The van der Waals surface area contributed by atoms with Gasteiger partial charge >= 0.3 is 11.9 Å². The van der Waals surface area contributed by atoms with Crippen LogP contribution >= 0.6 is 0 Å². The number of carboxylic acids is 1. The fraction of sp³-hybridized carbons (Fsp3) is 0.444. The molecule has 1 aliphatic rings. The molecule has 9 heteroatoms. The van der Waals surface area contributed by atoms with Crippen molar-refractivity contribution in [3.8, 4) is 34.5 Å². The number of phenolic OH excluding ortho intramolecular Hbond substituents is 2. The number of carbonyl (C=O) groups excluding carboxylic acids is 2. The summed E-state index contributed by atoms with van der Waals surface area (Å²) < 4.78 is 11.5. The first-order valence-electron chi connectivity index (χ1n) is 12.2. The molecule has 3 rings (SSSR count). The standard InChI is InChI=1S/C27H32O9/c1-4-6-8-10-16(28)12-15-13-18(29)22(31)25-19(15)27(34)36-23-14(3)21(30)20(26(32)33)17(24(23)35-25)11-9-7-5-2/h13,29-31H,4-12H2,1-3H3,(H,32,33). The molecule has 0 spiro atoms. The first-order chi connectivity index (χ1) is 17.1. The summed E-state index contributed by atoms with van der Waals surface area (Å²) in [5.74, 6) is -5.11. The molecule has 0 radical (unpaired) electrons. The first kappa shape index (κ1) is 26.8. The van der Waals surface area contributed by atoms with E-state index in [9.17, 15) is 34.8 Å². The predicted octanol–water partition coefficient (Wildman–Crippen LogP) is 5.56. The molecule has 0 bridgehead atoms. The predicted molar refractivity (Wildman–Crippen MR) is 131 cm³/mol. The minimum atomic E-state index is -1.39. The van der Waals surface area contributed by atoms with Crippen molar-refractivity contribution in [1.29, 1.82) is 0 Å². The number of carboxylic acid groups (broad SMARTS) is 1. The molecular formula is C27H32O9. The van der Waals surface area contributed by atoms with Gasteiger partial charge in [0, 0.05) is 24.0 Å². The second-order valence-electron chi connectivity index (χ2n) is 9.02. The van der Waals surface area contributed by atoms with Crippen LogP contribution in [0.25, 0.3) is 0 Å². The molecule has 4 N–H and O–H groups in total. The molecule has 0 aromatic heterocycles. The molecular weight excluding hydrogens is 468 g/mol. The third-order valence-electron chi connectivity index (χ3n) is 6.33. The maximum absolute atomic E-state index is 13.2. The Kier molecular flexibility index (Phi) is 8.45. The second-order valence-corrected chi connectivity index (χ2v) is 9.02. The van der Waals surface area contributed by atoms with Crippen molar-refractivity contribution in [2.24, 2.45) is 0 Å². The Labute approximate surface area is 209 Å². The van der Waals surface area contributed by atoms with Gasteiger partial charge < -0.3 is 29.9 Å². The highest BCUT2D eigenvalue weighted by atomic mass is 16.6. The number of ether oxygens (including phenoxy) is 2. The van der Waals surface area contributed by atoms with Crippen LogP contribution in [0.4, 0.5) is 0 Å². The lowest BCUT2D eigenvalue weighted by Gasteiger charge is -2.19. The number of benzene rings is 2. The number of aromatic hydroxyl groups is 3. The summed E-state index contributed by atoms with van der Waals surface area (Å²) in [6.07, 6.45) is 4.98. The minimum Gasteiger partial charge on any atom is -0.507 e. The third kappa shape index (κ3) is 5.24. The van der Waals surface area contributed by atoms with Crippen molar-refractivity contribution in [2.45, 2.75) is 78.6 Å². The van der Waals surface area contributed by atoms with E-state index in [1.165, 1.54) is 6.92 Å². The highest BCUT2D eigenvalue weighted by Crippen LogP contribution is 2.52. The lowest BCUT2D eigenvalue weighted by molar-refractivity contribution is -0.118. The largest absolute Gasteiger partial charge is 0.507 e. The number of carbonyl (C=O) groups is 3. The lowest BCUT2D eigenvalue weighted by atomic mass is 9.95. The summed E-state index contributed by atoms with van der Waals surface area (Å²) in [5.41, 5.74) is -0.417. The Bertz CT molecular complexity index is 1200. The van der Waals surface area contributed by atoms with Gasteiger partial charge in [0.2, 0.25) is 5.75 Å². The first-order valence-corrected chi connectivity index (χ1v) is 12.2. The van der Waals surface area contributed by atoms with Gasteiger partial charge in [-0.2, -0.15) is 0 Å². The fourth-order valence-electron chi connectivity index (χ4n) is 4.38. The van der Waals surface area contributed by atoms with E-state index < -0.39 is 34.9 Å². The van der Waals surface area contributed by atoms with E-state index >= 15 is 0 Å². The van der Waals surface area contributed by atoms with Gasteiger partial charge in [-0.1, -0.05) is 39.5 Å². The molecule has 2 aromatic rings. The molecule has 1 aliphatic heterocycles. The zero-order chi connectivity index (χ0) is 26.6. The minimum absolute atomic E-state index is 0.0244. The van der Waals surface area contributed by atoms with E-state index in [1.54, 1.807) is 0 Å². The molecule has 0 amide bonds. The summed E-state index contributed by atoms with van der Waals surface area (Å²) in [5, 5.41) is 41.5. The van der Waals surface area contributed by atoms with Gasteiger partial charge in [-0.15, -0.1) is 0 Å². The van der Waals surface area contributed by atoms with Crippen molar-refractivity contribution in [1.82, 2.24) is 0 Å². The fourth-order valence-corrected chi connectivity index (χ4v) is 4.38. The number of hydrogen-bond acceptors (Lipinski definition) is 8. The van der Waals surface area contributed by atoms with E-state index in [0.29, 0.717) is 12.8 Å². The zero-order valence-corrected chi connectivity index (χ0v) is 20.8. The third-order valence-corrected chi connectivity index (χ3v) is 6.33. The summed E-state index contributed by atoms with van der Waals surface area (Å²) in [6.45, 7) is 5.38. The topological polar surface area (TPSA) is 151 Å². The number of fused-ring (bicyclic) bond motifs is 2. The molecule has 0 fully saturated rings. The van der Waals surface area contributed by atoms with E-state index in [1.807, 2.05) is 13.8 Å². The van der Waals surface area contributed by atoms with Crippen molar-refractivity contribution in [3.63, 3.8) is 0 Å². The molecule has 1 heterocycles. The summed E-state index contributed by atoms with van der Waals surface area (Å²) >= 11 is 0. The van der Waals surface area contributed by atoms with Crippen LogP contribution in [-0.2, 0) is 17.6 Å². The Balaban J connectivity index is 2.19. The smallest absolute Gasteiger partial charge is 0.347 e. The summed E-state index contributed by atoms with van der Waals surface area (Å²) in [7, 11) is 0. The zero-order valence-electron chi connectivity index (χ0n) is 20.8. The Morgan fingerprint density at radius 3 is 2.19 bits per heavy atom.